The molecule has 0 aromatic heterocycles. The number of rotatable bonds is 6. The van der Waals surface area contributed by atoms with Crippen molar-refractivity contribution < 1.29 is 14.4 Å². The summed E-state index contributed by atoms with van der Waals surface area (Å²) in [5.41, 5.74) is 1.23. The molecule has 1 N–H and O–H groups in total. The molecule has 1 fully saturated rings. The minimum atomic E-state index is -0.447. The Morgan fingerprint density at radius 2 is 1.69 bits per heavy atom. The number of quaternary nitrogens is 1. The zero-order valence-corrected chi connectivity index (χ0v) is 15.3. The molecule has 136 valence electrons. The van der Waals surface area contributed by atoms with E-state index < -0.39 is 6.10 Å². The van der Waals surface area contributed by atoms with Crippen LogP contribution in [0.25, 0.3) is 6.08 Å². The Hall–Kier alpha value is -2.59. The predicted molar refractivity (Wildman–Crippen MR) is 104 cm³/mol. The molecule has 1 saturated heterocycles. The van der Waals surface area contributed by atoms with Gasteiger partial charge in [0.2, 0.25) is 0 Å². The van der Waals surface area contributed by atoms with E-state index in [-0.39, 0.29) is 5.91 Å². The molecule has 1 heterocycles. The smallest absolute Gasteiger partial charge is 0.263 e. The normalized spacial score (nSPS) is 16.6. The van der Waals surface area contributed by atoms with Gasteiger partial charge in [-0.3, -0.25) is 4.79 Å². The monoisotopic (exact) mass is 351 g/mol. The van der Waals surface area contributed by atoms with Crippen molar-refractivity contribution >= 4 is 12.0 Å². The molecule has 1 amide bonds. The van der Waals surface area contributed by atoms with Gasteiger partial charge in [0.15, 0.2) is 6.10 Å². The second-order valence-corrected chi connectivity index (χ2v) is 6.67. The average molecular weight is 351 g/mol. The van der Waals surface area contributed by atoms with E-state index in [9.17, 15) is 4.79 Å². The van der Waals surface area contributed by atoms with Gasteiger partial charge in [-0.1, -0.05) is 54.6 Å². The number of hydrogen-bond acceptors (Lipinski definition) is 2. The van der Waals surface area contributed by atoms with E-state index in [1.165, 1.54) is 10.5 Å². The van der Waals surface area contributed by atoms with Gasteiger partial charge in [-0.05, 0) is 30.7 Å². The lowest BCUT2D eigenvalue weighted by atomic mass is 10.2. The van der Waals surface area contributed by atoms with Gasteiger partial charge in [-0.25, -0.2) is 0 Å². The quantitative estimate of drug-likeness (QED) is 0.862. The minimum absolute atomic E-state index is 0.0766. The lowest BCUT2D eigenvalue weighted by molar-refractivity contribution is -0.898. The first-order valence-electron chi connectivity index (χ1n) is 9.28. The Morgan fingerprint density at radius 1 is 1.08 bits per heavy atom. The number of benzene rings is 2. The van der Waals surface area contributed by atoms with Crippen LogP contribution in [0.4, 0.5) is 0 Å². The molecular formula is C22H27N2O2+. The summed E-state index contributed by atoms with van der Waals surface area (Å²) < 4.78 is 5.76. The molecule has 1 atom stereocenters. The molecule has 1 aliphatic rings. The summed E-state index contributed by atoms with van der Waals surface area (Å²) in [5.74, 6) is 0.816. The van der Waals surface area contributed by atoms with Crippen molar-refractivity contribution in [2.75, 3.05) is 32.7 Å². The highest BCUT2D eigenvalue weighted by molar-refractivity contribution is 5.81. The number of carbonyl (C=O) groups is 1. The number of nitrogens with zero attached hydrogens (tertiary/aromatic N) is 1. The van der Waals surface area contributed by atoms with Crippen LogP contribution in [0.2, 0.25) is 0 Å². The SMILES string of the molecule is C[C@@H](Oc1ccccc1)C(=O)N1CC[NH+](C/C=C/c2ccccc2)CC1. The fourth-order valence-corrected chi connectivity index (χ4v) is 3.18. The van der Waals surface area contributed by atoms with Gasteiger partial charge in [-0.15, -0.1) is 0 Å². The molecule has 0 bridgehead atoms. The lowest BCUT2D eigenvalue weighted by Crippen LogP contribution is -3.14. The molecule has 2 aromatic carbocycles. The van der Waals surface area contributed by atoms with E-state index in [0.29, 0.717) is 0 Å². The Morgan fingerprint density at radius 3 is 2.35 bits per heavy atom. The standard InChI is InChI=1S/C22H26N2O2/c1-19(26-21-12-6-3-7-13-21)22(25)24-17-15-23(16-18-24)14-8-11-20-9-4-2-5-10-20/h2-13,19H,14-18H2,1H3/p+1/b11-8+/t19-/m1/s1. The molecule has 1 aliphatic heterocycles. The molecule has 0 spiro atoms. The van der Waals surface area contributed by atoms with Crippen molar-refractivity contribution in [1.29, 1.82) is 0 Å². The molecular weight excluding hydrogens is 324 g/mol. The molecule has 0 radical (unpaired) electrons. The van der Waals surface area contributed by atoms with Crippen molar-refractivity contribution in [3.05, 3.63) is 72.3 Å². The number of amides is 1. The van der Waals surface area contributed by atoms with Crippen molar-refractivity contribution in [2.24, 2.45) is 0 Å². The van der Waals surface area contributed by atoms with Crippen LogP contribution in [0.5, 0.6) is 5.75 Å². The molecule has 0 saturated carbocycles. The minimum Gasteiger partial charge on any atom is -0.481 e. The fourth-order valence-electron chi connectivity index (χ4n) is 3.18. The van der Waals surface area contributed by atoms with E-state index in [4.69, 9.17) is 4.74 Å². The van der Waals surface area contributed by atoms with Crippen molar-refractivity contribution in [1.82, 2.24) is 4.90 Å². The van der Waals surface area contributed by atoms with Gasteiger partial charge in [-0.2, -0.15) is 0 Å². The molecule has 3 rings (SSSR count). The molecule has 2 aromatic rings. The highest BCUT2D eigenvalue weighted by atomic mass is 16.5. The van der Waals surface area contributed by atoms with Crippen LogP contribution in [0, 0.1) is 0 Å². The lowest BCUT2D eigenvalue weighted by Gasteiger charge is -2.33. The summed E-state index contributed by atoms with van der Waals surface area (Å²) in [6.45, 7) is 6.35. The zero-order valence-electron chi connectivity index (χ0n) is 15.3. The predicted octanol–water partition coefficient (Wildman–Crippen LogP) is 1.89. The summed E-state index contributed by atoms with van der Waals surface area (Å²) in [7, 11) is 0. The van der Waals surface area contributed by atoms with Gasteiger partial charge in [0.05, 0.1) is 32.7 Å². The maximum absolute atomic E-state index is 12.6. The van der Waals surface area contributed by atoms with E-state index in [1.807, 2.05) is 48.2 Å². The molecule has 0 aliphatic carbocycles. The van der Waals surface area contributed by atoms with Crippen LogP contribution in [-0.4, -0.2) is 49.6 Å². The fraction of sp³-hybridized carbons (Fsp3) is 0.318. The molecule has 4 heteroatoms. The Balaban J connectivity index is 1.42. The van der Waals surface area contributed by atoms with Crippen LogP contribution in [0.1, 0.15) is 12.5 Å². The van der Waals surface area contributed by atoms with Gasteiger partial charge >= 0.3 is 0 Å². The molecule has 26 heavy (non-hydrogen) atoms. The number of ether oxygens (including phenoxy) is 1. The topological polar surface area (TPSA) is 34.0 Å². The van der Waals surface area contributed by atoms with Crippen LogP contribution in [0.3, 0.4) is 0 Å². The first-order chi connectivity index (χ1) is 12.7. The van der Waals surface area contributed by atoms with Crippen LogP contribution in [-0.2, 0) is 4.79 Å². The van der Waals surface area contributed by atoms with Gasteiger partial charge < -0.3 is 14.5 Å². The summed E-state index contributed by atoms with van der Waals surface area (Å²) in [6, 6.07) is 19.9. The number of nitrogens with one attached hydrogen (secondary N) is 1. The zero-order chi connectivity index (χ0) is 18.2. The first-order valence-corrected chi connectivity index (χ1v) is 9.28. The molecule has 4 nitrogen and oxygen atoms in total. The van der Waals surface area contributed by atoms with Crippen LogP contribution < -0.4 is 9.64 Å². The van der Waals surface area contributed by atoms with Crippen molar-refractivity contribution in [3.63, 3.8) is 0 Å². The van der Waals surface area contributed by atoms with E-state index in [1.54, 1.807) is 0 Å². The first kappa shape index (κ1) is 18.2. The van der Waals surface area contributed by atoms with E-state index in [2.05, 4.69) is 36.4 Å². The summed E-state index contributed by atoms with van der Waals surface area (Å²) >= 11 is 0. The van der Waals surface area contributed by atoms with Gasteiger partial charge in [0.1, 0.15) is 5.75 Å². The average Bonchev–Trinajstić information content (AvgIpc) is 2.69. The number of para-hydroxylation sites is 1. The van der Waals surface area contributed by atoms with Gasteiger partial charge in [0.25, 0.3) is 5.91 Å². The molecule has 0 unspecified atom stereocenters. The van der Waals surface area contributed by atoms with E-state index in [0.717, 1.165) is 38.5 Å². The second-order valence-electron chi connectivity index (χ2n) is 6.67. The van der Waals surface area contributed by atoms with Crippen molar-refractivity contribution in [3.8, 4) is 5.75 Å². The highest BCUT2D eigenvalue weighted by Crippen LogP contribution is 2.12. The number of hydrogen-bond donors (Lipinski definition) is 1. The van der Waals surface area contributed by atoms with Crippen molar-refractivity contribution in [2.45, 2.75) is 13.0 Å². The third kappa shape index (κ3) is 5.20. The Kier molecular flexibility index (Phi) is 6.45. The van der Waals surface area contributed by atoms with Crippen LogP contribution >= 0.6 is 0 Å². The Bertz CT molecular complexity index is 707. The second kappa shape index (κ2) is 9.20. The number of carbonyl (C=O) groups excluding carboxylic acids is 1. The largest absolute Gasteiger partial charge is 0.481 e. The highest BCUT2D eigenvalue weighted by Gasteiger charge is 2.27. The number of piperazine rings is 1. The third-order valence-electron chi connectivity index (χ3n) is 4.70. The van der Waals surface area contributed by atoms with E-state index >= 15 is 0 Å². The van der Waals surface area contributed by atoms with Crippen LogP contribution in [0.15, 0.2) is 66.7 Å². The van der Waals surface area contributed by atoms with Gasteiger partial charge in [0, 0.05) is 0 Å². The maximum Gasteiger partial charge on any atom is 0.263 e. The summed E-state index contributed by atoms with van der Waals surface area (Å²) in [4.78, 5) is 16.0. The summed E-state index contributed by atoms with van der Waals surface area (Å²) in [6.07, 6.45) is 3.95. The maximum atomic E-state index is 12.6. The third-order valence-corrected chi connectivity index (χ3v) is 4.70. The summed E-state index contributed by atoms with van der Waals surface area (Å²) in [5, 5.41) is 0. The Labute approximate surface area is 155 Å².